The summed E-state index contributed by atoms with van der Waals surface area (Å²) in [6, 6.07) is 4.14. The molecule has 0 saturated heterocycles. The fraction of sp³-hybridized carbons (Fsp3) is 0.320. The standard InChI is InChI=1S/C25H26O6/c1-13(2)5-6-17-18-7-8-25(3,4)31-24(18)22(29)21-19(28)12-20(30-23(17)21)14-9-15(26)11-16(27)10-14/h5,7-11,20,26-27,29H,6,12H2,1-4H3. The highest BCUT2D eigenvalue weighted by Crippen LogP contribution is 2.51. The Kier molecular flexibility index (Phi) is 4.96. The fourth-order valence-electron chi connectivity index (χ4n) is 3.96. The minimum absolute atomic E-state index is 0.0381. The zero-order chi connectivity index (χ0) is 22.5. The Bertz CT molecular complexity index is 1120. The number of allylic oxidation sites excluding steroid dienone is 2. The molecule has 0 saturated carbocycles. The van der Waals surface area contributed by atoms with Crippen molar-refractivity contribution in [2.75, 3.05) is 0 Å². The molecule has 0 amide bonds. The van der Waals surface area contributed by atoms with Gasteiger partial charge in [-0.15, -0.1) is 0 Å². The number of phenols is 3. The summed E-state index contributed by atoms with van der Waals surface area (Å²) in [4.78, 5) is 13.1. The van der Waals surface area contributed by atoms with E-state index in [-0.39, 0.29) is 40.8 Å². The molecule has 2 aliphatic rings. The number of carbonyl (C=O) groups is 1. The predicted octanol–water partition coefficient (Wildman–Crippen LogP) is 5.20. The molecule has 6 nitrogen and oxygen atoms in total. The zero-order valence-electron chi connectivity index (χ0n) is 18.0. The van der Waals surface area contributed by atoms with Crippen molar-refractivity contribution >= 4 is 11.9 Å². The Labute approximate surface area is 181 Å². The molecule has 3 N–H and O–H groups in total. The van der Waals surface area contributed by atoms with Crippen molar-refractivity contribution in [2.45, 2.75) is 52.2 Å². The van der Waals surface area contributed by atoms with Gasteiger partial charge >= 0.3 is 0 Å². The van der Waals surface area contributed by atoms with Gasteiger partial charge in [-0.2, -0.15) is 0 Å². The van der Waals surface area contributed by atoms with Gasteiger partial charge in [-0.05, 0) is 52.3 Å². The highest BCUT2D eigenvalue weighted by molar-refractivity contribution is 6.05. The Morgan fingerprint density at radius 2 is 1.81 bits per heavy atom. The summed E-state index contributed by atoms with van der Waals surface area (Å²) in [5, 5.41) is 30.7. The van der Waals surface area contributed by atoms with Crippen LogP contribution in [0.2, 0.25) is 0 Å². The van der Waals surface area contributed by atoms with Crippen LogP contribution in [0.25, 0.3) is 6.08 Å². The van der Waals surface area contributed by atoms with Crippen molar-refractivity contribution in [3.8, 4) is 28.7 Å². The van der Waals surface area contributed by atoms with Gasteiger partial charge in [0.2, 0.25) is 0 Å². The van der Waals surface area contributed by atoms with Gasteiger partial charge in [0.05, 0.1) is 6.42 Å². The van der Waals surface area contributed by atoms with Crippen LogP contribution < -0.4 is 9.47 Å². The summed E-state index contributed by atoms with van der Waals surface area (Å²) in [5.74, 6) is -0.143. The first-order valence-corrected chi connectivity index (χ1v) is 10.2. The van der Waals surface area contributed by atoms with E-state index in [4.69, 9.17) is 9.47 Å². The molecule has 2 aromatic rings. The molecule has 0 spiro atoms. The van der Waals surface area contributed by atoms with Crippen LogP contribution in [0.1, 0.15) is 67.3 Å². The monoisotopic (exact) mass is 422 g/mol. The maximum Gasteiger partial charge on any atom is 0.174 e. The number of benzene rings is 2. The van der Waals surface area contributed by atoms with Crippen LogP contribution in [0, 0.1) is 0 Å². The average molecular weight is 422 g/mol. The fourth-order valence-corrected chi connectivity index (χ4v) is 3.96. The quantitative estimate of drug-likeness (QED) is 0.588. The van der Waals surface area contributed by atoms with Crippen LogP contribution >= 0.6 is 0 Å². The van der Waals surface area contributed by atoms with Crippen molar-refractivity contribution < 1.29 is 29.6 Å². The zero-order valence-corrected chi connectivity index (χ0v) is 18.0. The molecule has 0 aromatic heterocycles. The van der Waals surface area contributed by atoms with Gasteiger partial charge in [-0.3, -0.25) is 4.79 Å². The van der Waals surface area contributed by atoms with Crippen molar-refractivity contribution in [1.82, 2.24) is 0 Å². The molecular weight excluding hydrogens is 396 g/mol. The van der Waals surface area contributed by atoms with Crippen molar-refractivity contribution in [3.63, 3.8) is 0 Å². The van der Waals surface area contributed by atoms with Crippen LogP contribution in [0.5, 0.6) is 28.7 Å². The average Bonchev–Trinajstić information content (AvgIpc) is 2.66. The summed E-state index contributed by atoms with van der Waals surface area (Å²) in [6.07, 6.45) is 5.58. The molecule has 0 fully saturated rings. The predicted molar refractivity (Wildman–Crippen MR) is 117 cm³/mol. The largest absolute Gasteiger partial charge is 0.508 e. The first-order valence-electron chi connectivity index (χ1n) is 10.2. The van der Waals surface area contributed by atoms with E-state index < -0.39 is 11.7 Å². The Balaban J connectivity index is 1.90. The third-order valence-corrected chi connectivity index (χ3v) is 5.46. The van der Waals surface area contributed by atoms with Gasteiger partial charge in [-0.25, -0.2) is 0 Å². The minimum Gasteiger partial charge on any atom is -0.508 e. The normalized spacial score (nSPS) is 18.5. The van der Waals surface area contributed by atoms with E-state index in [1.807, 2.05) is 45.9 Å². The molecule has 4 rings (SSSR count). The molecule has 0 aliphatic carbocycles. The number of hydrogen-bond donors (Lipinski definition) is 3. The van der Waals surface area contributed by atoms with Gasteiger partial charge in [-0.1, -0.05) is 17.7 Å². The third kappa shape index (κ3) is 3.85. The molecule has 2 heterocycles. The van der Waals surface area contributed by atoms with E-state index in [1.165, 1.54) is 18.2 Å². The smallest absolute Gasteiger partial charge is 0.174 e. The lowest BCUT2D eigenvalue weighted by atomic mass is 9.87. The summed E-state index contributed by atoms with van der Waals surface area (Å²) < 4.78 is 12.3. The molecule has 1 atom stereocenters. The van der Waals surface area contributed by atoms with Gasteiger partial charge in [0.15, 0.2) is 17.3 Å². The van der Waals surface area contributed by atoms with Crippen LogP contribution in [0.15, 0.2) is 35.9 Å². The van der Waals surface area contributed by atoms with Crippen LogP contribution in [-0.2, 0) is 6.42 Å². The maximum atomic E-state index is 13.1. The van der Waals surface area contributed by atoms with Crippen LogP contribution in [0.3, 0.4) is 0 Å². The van der Waals surface area contributed by atoms with E-state index in [0.717, 1.165) is 11.1 Å². The maximum absolute atomic E-state index is 13.1. The number of aromatic hydroxyl groups is 3. The number of ketones is 1. The molecule has 6 heteroatoms. The SMILES string of the molecule is CC(C)=CCc1c2c(c(O)c3c1OC(c1cc(O)cc(O)c1)CC3=O)OC(C)(C)C=C2. The van der Waals surface area contributed by atoms with Crippen LogP contribution in [0.4, 0.5) is 0 Å². The molecule has 1 unspecified atom stereocenters. The molecule has 2 aromatic carbocycles. The first-order chi connectivity index (χ1) is 14.6. The second kappa shape index (κ2) is 7.38. The molecule has 2 aliphatic heterocycles. The minimum atomic E-state index is -0.703. The number of rotatable bonds is 3. The molecule has 0 radical (unpaired) electrons. The number of hydrogen-bond acceptors (Lipinski definition) is 6. The second-order valence-corrected chi connectivity index (χ2v) is 8.82. The third-order valence-electron chi connectivity index (χ3n) is 5.46. The number of Topliss-reactive ketones (excluding diaryl/α,β-unsaturated/α-hetero) is 1. The topological polar surface area (TPSA) is 96.2 Å². The van der Waals surface area contributed by atoms with Gasteiger partial charge < -0.3 is 24.8 Å². The number of phenolic OH excluding ortho intramolecular Hbond substituents is 3. The van der Waals surface area contributed by atoms with Gasteiger partial charge in [0.25, 0.3) is 0 Å². The molecule has 31 heavy (non-hydrogen) atoms. The number of fused-ring (bicyclic) bond motifs is 2. The highest BCUT2D eigenvalue weighted by atomic mass is 16.5. The highest BCUT2D eigenvalue weighted by Gasteiger charge is 2.38. The first kappa shape index (κ1) is 20.8. The summed E-state index contributed by atoms with van der Waals surface area (Å²) >= 11 is 0. The van der Waals surface area contributed by atoms with E-state index in [1.54, 1.807) is 0 Å². The van der Waals surface area contributed by atoms with E-state index in [2.05, 4.69) is 0 Å². The lowest BCUT2D eigenvalue weighted by Crippen LogP contribution is -2.29. The number of ether oxygens (including phenoxy) is 2. The summed E-state index contributed by atoms with van der Waals surface area (Å²) in [7, 11) is 0. The van der Waals surface area contributed by atoms with Crippen molar-refractivity contribution in [1.29, 1.82) is 0 Å². The Morgan fingerprint density at radius 1 is 1.13 bits per heavy atom. The van der Waals surface area contributed by atoms with Gasteiger partial charge in [0.1, 0.15) is 34.5 Å². The van der Waals surface area contributed by atoms with E-state index >= 15 is 0 Å². The Hall–Kier alpha value is -3.41. The number of carbonyl (C=O) groups excluding carboxylic acids is 1. The second-order valence-electron chi connectivity index (χ2n) is 8.82. The summed E-state index contributed by atoms with van der Waals surface area (Å²) in [6.45, 7) is 7.73. The molecular formula is C25H26O6. The van der Waals surface area contributed by atoms with E-state index in [9.17, 15) is 20.1 Å². The molecule has 0 bridgehead atoms. The van der Waals surface area contributed by atoms with Crippen molar-refractivity contribution in [3.05, 3.63) is 58.2 Å². The summed E-state index contributed by atoms with van der Waals surface area (Å²) in [5.41, 5.74) is 2.51. The molecule has 162 valence electrons. The lowest BCUT2D eigenvalue weighted by Gasteiger charge is -2.34. The van der Waals surface area contributed by atoms with E-state index in [0.29, 0.717) is 23.3 Å². The van der Waals surface area contributed by atoms with Gasteiger partial charge in [0, 0.05) is 22.8 Å². The van der Waals surface area contributed by atoms with Crippen LogP contribution in [-0.4, -0.2) is 26.7 Å². The van der Waals surface area contributed by atoms with Crippen molar-refractivity contribution in [2.24, 2.45) is 0 Å². The Morgan fingerprint density at radius 3 is 2.45 bits per heavy atom. The lowest BCUT2D eigenvalue weighted by molar-refractivity contribution is 0.0835.